The topological polar surface area (TPSA) is 166 Å². The van der Waals surface area contributed by atoms with Crippen molar-refractivity contribution < 1.29 is 58.4 Å². The summed E-state index contributed by atoms with van der Waals surface area (Å²) in [5.41, 5.74) is -0.855. The summed E-state index contributed by atoms with van der Waals surface area (Å²) < 4.78 is 46.0. The van der Waals surface area contributed by atoms with Crippen LogP contribution in [-0.4, -0.2) is 123 Å². The van der Waals surface area contributed by atoms with Gasteiger partial charge in [-0.05, 0) is 78.0 Å². The minimum Gasteiger partial charge on any atom is -0.488 e. The Bertz CT molecular complexity index is 1770. The van der Waals surface area contributed by atoms with E-state index in [-0.39, 0.29) is 25.0 Å². The molecule has 13 heteroatoms. The van der Waals surface area contributed by atoms with Crippen molar-refractivity contribution in [1.29, 1.82) is 0 Å². The molecule has 13 nitrogen and oxygen atoms in total. The molecule has 3 saturated heterocycles. The molecule has 0 amide bonds. The van der Waals surface area contributed by atoms with Crippen LogP contribution in [0.15, 0.2) is 72.0 Å². The number of fused-ring (bicyclic) bond motifs is 2. The number of ether oxygens (including phenoxy) is 7. The summed E-state index contributed by atoms with van der Waals surface area (Å²) in [7, 11) is 1.53. The summed E-state index contributed by atoms with van der Waals surface area (Å²) in [6, 6.07) is 20.0. The lowest BCUT2D eigenvalue weighted by Crippen LogP contribution is -2.60. The van der Waals surface area contributed by atoms with Gasteiger partial charge in [0.2, 0.25) is 0 Å². The fourth-order valence-electron chi connectivity index (χ4n) is 10.5. The number of carbonyl (C=O) groups excluding carboxylic acids is 1. The third-order valence-corrected chi connectivity index (χ3v) is 14.2. The van der Waals surface area contributed by atoms with E-state index in [1.54, 1.807) is 27.7 Å². The highest BCUT2D eigenvalue weighted by Gasteiger charge is 2.57. The molecule has 5 unspecified atom stereocenters. The molecular formula is C49H73NO12. The molecule has 2 bridgehead atoms. The summed E-state index contributed by atoms with van der Waals surface area (Å²) in [6.07, 6.45) is -7.89. The molecule has 0 spiro atoms. The smallest absolute Gasteiger partial charge is 0.311 e. The highest BCUT2D eigenvalue weighted by molar-refractivity contribution is 5.73. The van der Waals surface area contributed by atoms with Gasteiger partial charge in [0.25, 0.3) is 0 Å². The maximum Gasteiger partial charge on any atom is 0.311 e. The van der Waals surface area contributed by atoms with E-state index in [4.69, 9.17) is 33.2 Å². The average molecular weight is 868 g/mol. The van der Waals surface area contributed by atoms with Crippen LogP contribution in [-0.2, 0) is 51.0 Å². The van der Waals surface area contributed by atoms with E-state index in [1.807, 2.05) is 71.0 Å². The Morgan fingerprint density at radius 2 is 1.52 bits per heavy atom. The molecule has 2 aromatic carbocycles. The molecule has 62 heavy (non-hydrogen) atoms. The molecule has 0 aromatic heterocycles. The molecule has 17 atom stereocenters. The standard InChI is InChI=1S/C49H73NO12/c1-12-37(51)49(10,55)44-30(4)40-28(2)24-48(9,62-40)43(31(5)41(32(6)45(54)60-44)59-38-25-47(8,56-11)42(53)33(7)58-38)61-46-39(52)36(23-29(3)57-46)50(26-34-19-15-13-16-20-34)27-35-21-17-14-18-22-35/h13-22,29-33,36-39,41-44,46,51-53,55H,12,23-27H2,1-11H3/t29?,30-,31-,32+,33?,36?,37+,38-,39?,41-,42-,43+,44+,46-,47?,48-,49+/m0/s1. The zero-order valence-electron chi connectivity index (χ0n) is 38.6. The van der Waals surface area contributed by atoms with Crippen LogP contribution in [0.1, 0.15) is 106 Å². The number of benzene rings is 2. The molecule has 6 rings (SSSR count). The Labute approximate surface area is 368 Å². The van der Waals surface area contributed by atoms with E-state index >= 15 is 0 Å². The zero-order valence-corrected chi connectivity index (χ0v) is 38.6. The van der Waals surface area contributed by atoms with Crippen molar-refractivity contribution in [3.05, 3.63) is 83.1 Å². The van der Waals surface area contributed by atoms with Gasteiger partial charge in [-0.25, -0.2) is 0 Å². The van der Waals surface area contributed by atoms with Gasteiger partial charge in [0.15, 0.2) is 12.6 Å². The Morgan fingerprint density at radius 1 is 0.919 bits per heavy atom. The van der Waals surface area contributed by atoms with Crippen molar-refractivity contribution in [2.45, 2.75) is 192 Å². The van der Waals surface area contributed by atoms with Crippen LogP contribution in [0.2, 0.25) is 0 Å². The molecule has 3 fully saturated rings. The Morgan fingerprint density at radius 3 is 2.08 bits per heavy atom. The van der Waals surface area contributed by atoms with Gasteiger partial charge in [0.1, 0.15) is 41.4 Å². The fourth-order valence-corrected chi connectivity index (χ4v) is 10.5. The molecule has 2 aromatic rings. The van der Waals surface area contributed by atoms with E-state index in [2.05, 4.69) is 29.2 Å². The van der Waals surface area contributed by atoms with E-state index in [1.165, 1.54) is 14.0 Å². The normalized spacial score (nSPS) is 39.7. The largest absolute Gasteiger partial charge is 0.488 e. The molecule has 0 radical (unpaired) electrons. The summed E-state index contributed by atoms with van der Waals surface area (Å²) in [6.45, 7) is 19.3. The second kappa shape index (κ2) is 19.7. The van der Waals surface area contributed by atoms with Gasteiger partial charge in [0.05, 0.1) is 41.9 Å². The average Bonchev–Trinajstić information content (AvgIpc) is 3.56. The van der Waals surface area contributed by atoms with Crippen LogP contribution in [0.4, 0.5) is 0 Å². The number of nitrogens with zero attached hydrogens (tertiary/aromatic N) is 1. The highest BCUT2D eigenvalue weighted by atomic mass is 16.7. The van der Waals surface area contributed by atoms with Crippen LogP contribution < -0.4 is 0 Å². The van der Waals surface area contributed by atoms with Crippen molar-refractivity contribution >= 4 is 5.97 Å². The second-order valence-electron chi connectivity index (χ2n) is 19.3. The maximum atomic E-state index is 14.6. The van der Waals surface area contributed by atoms with Gasteiger partial charge < -0.3 is 53.6 Å². The van der Waals surface area contributed by atoms with Gasteiger partial charge in [-0.15, -0.1) is 0 Å². The van der Waals surface area contributed by atoms with E-state index in [0.717, 1.165) is 16.7 Å². The summed E-state index contributed by atoms with van der Waals surface area (Å²) in [5, 5.41) is 46.6. The van der Waals surface area contributed by atoms with Crippen LogP contribution in [0, 0.1) is 17.8 Å². The van der Waals surface area contributed by atoms with Gasteiger partial charge in [-0.2, -0.15) is 0 Å². The Kier molecular flexibility index (Phi) is 15.4. The van der Waals surface area contributed by atoms with Gasteiger partial charge in [-0.1, -0.05) is 81.4 Å². The molecule has 4 heterocycles. The zero-order chi connectivity index (χ0) is 45.3. The predicted molar refractivity (Wildman–Crippen MR) is 232 cm³/mol. The predicted octanol–water partition coefficient (Wildman–Crippen LogP) is 6.03. The van der Waals surface area contributed by atoms with Crippen molar-refractivity contribution in [2.24, 2.45) is 17.8 Å². The summed E-state index contributed by atoms with van der Waals surface area (Å²) >= 11 is 0. The van der Waals surface area contributed by atoms with Crippen molar-refractivity contribution in [1.82, 2.24) is 4.90 Å². The Balaban J connectivity index is 1.40. The number of methoxy groups -OCH3 is 1. The molecule has 4 N–H and O–H groups in total. The van der Waals surface area contributed by atoms with Crippen LogP contribution >= 0.6 is 0 Å². The Hall–Kier alpha value is -2.95. The molecule has 4 aliphatic heterocycles. The lowest BCUT2D eigenvalue weighted by Gasteiger charge is -2.49. The summed E-state index contributed by atoms with van der Waals surface area (Å²) in [5.74, 6) is -2.40. The van der Waals surface area contributed by atoms with Gasteiger partial charge in [-0.3, -0.25) is 9.69 Å². The monoisotopic (exact) mass is 868 g/mol. The van der Waals surface area contributed by atoms with Gasteiger partial charge in [0, 0.05) is 45.0 Å². The fraction of sp³-hybridized carbons (Fsp3) is 0.694. The molecular weight excluding hydrogens is 795 g/mol. The third kappa shape index (κ3) is 10.1. The third-order valence-electron chi connectivity index (χ3n) is 14.2. The quantitative estimate of drug-likeness (QED) is 0.173. The van der Waals surface area contributed by atoms with E-state index in [0.29, 0.717) is 31.7 Å². The maximum absolute atomic E-state index is 14.6. The molecule has 346 valence electrons. The van der Waals surface area contributed by atoms with Crippen LogP contribution in [0.3, 0.4) is 0 Å². The molecule has 0 aliphatic carbocycles. The first-order valence-corrected chi connectivity index (χ1v) is 22.6. The number of hydrogen-bond acceptors (Lipinski definition) is 13. The first-order chi connectivity index (χ1) is 29.2. The number of aliphatic hydroxyl groups excluding tert-OH is 3. The number of esters is 1. The van der Waals surface area contributed by atoms with Crippen LogP contribution in [0.5, 0.6) is 0 Å². The van der Waals surface area contributed by atoms with Gasteiger partial charge >= 0.3 is 5.97 Å². The minimum atomic E-state index is -1.85. The van der Waals surface area contributed by atoms with E-state index in [9.17, 15) is 25.2 Å². The number of hydrogen-bond donors (Lipinski definition) is 4. The lowest BCUT2D eigenvalue weighted by atomic mass is 9.78. The first kappa shape index (κ1) is 48.5. The molecule has 4 aliphatic rings. The number of carbonyl (C=O) groups is 1. The highest BCUT2D eigenvalue weighted by Crippen LogP contribution is 2.48. The second-order valence-corrected chi connectivity index (χ2v) is 19.3. The number of aliphatic hydroxyl groups is 4. The van der Waals surface area contributed by atoms with Crippen molar-refractivity contribution in [2.75, 3.05) is 7.11 Å². The SMILES string of the molecule is CC[C@@H](O)[C@@](C)(O)[C@@H]1OC(=O)[C@H](C)[C@@H](O[C@H]2CC(C)(OC)[C@@H](O)C(C)O2)[C@H](C)[C@@H](O[C@@H]2OC(C)CC(N(Cc3ccccc3)Cc3ccccc3)C2O)[C@]2(C)CC(C)=C(O2)[C@@H]1C. The van der Waals surface area contributed by atoms with E-state index < -0.39 is 95.8 Å². The number of cyclic esters (lactones) is 1. The van der Waals surface area contributed by atoms with Crippen molar-refractivity contribution in [3.63, 3.8) is 0 Å². The van der Waals surface area contributed by atoms with Crippen molar-refractivity contribution in [3.8, 4) is 0 Å². The lowest BCUT2D eigenvalue weighted by molar-refractivity contribution is -0.317. The molecule has 0 saturated carbocycles. The first-order valence-electron chi connectivity index (χ1n) is 22.6. The minimum absolute atomic E-state index is 0.156. The summed E-state index contributed by atoms with van der Waals surface area (Å²) in [4.78, 5) is 16.9. The number of rotatable bonds is 13. The van der Waals surface area contributed by atoms with Crippen LogP contribution in [0.25, 0.3) is 0 Å².